The van der Waals surface area contributed by atoms with E-state index in [1.165, 1.54) is 4.90 Å². The van der Waals surface area contributed by atoms with E-state index in [0.29, 0.717) is 17.9 Å². The molecule has 0 aliphatic carbocycles. The van der Waals surface area contributed by atoms with E-state index in [1.807, 2.05) is 26.1 Å². The van der Waals surface area contributed by atoms with Gasteiger partial charge in [-0.3, -0.25) is 0 Å². The maximum Gasteiger partial charge on any atom is 0.340 e. The normalized spacial score (nSPS) is 11.2. The number of aromatic nitrogens is 1. The first-order valence-corrected chi connectivity index (χ1v) is 8.00. The summed E-state index contributed by atoms with van der Waals surface area (Å²) in [5.74, 6) is 0.418. The third kappa shape index (κ3) is 2.98. The molecule has 5 nitrogen and oxygen atoms in total. The summed E-state index contributed by atoms with van der Waals surface area (Å²) in [4.78, 5) is 13.7. The molecule has 0 fully saturated rings. The molecule has 0 radical (unpaired) electrons. The SMILES string of the molecule is CCOC(=O)c1c(C[NH+](C)C)n(C)c2cc(Br)c(OC)cc12. The van der Waals surface area contributed by atoms with Gasteiger partial charge in [0.25, 0.3) is 0 Å². The van der Waals surface area contributed by atoms with E-state index in [1.54, 1.807) is 7.11 Å². The van der Waals surface area contributed by atoms with Crippen molar-refractivity contribution in [2.24, 2.45) is 7.05 Å². The molecule has 1 aromatic heterocycles. The Labute approximate surface area is 138 Å². The van der Waals surface area contributed by atoms with Crippen molar-refractivity contribution in [3.8, 4) is 5.75 Å². The third-order valence-electron chi connectivity index (χ3n) is 3.59. The monoisotopic (exact) mass is 369 g/mol. The fraction of sp³-hybridized carbons (Fsp3) is 0.438. The highest BCUT2D eigenvalue weighted by molar-refractivity contribution is 9.10. The molecule has 0 amide bonds. The first-order chi connectivity index (χ1) is 10.4. The summed E-state index contributed by atoms with van der Waals surface area (Å²) in [6, 6.07) is 3.87. The molecule has 0 bridgehead atoms. The lowest BCUT2D eigenvalue weighted by atomic mass is 10.1. The number of carbonyl (C=O) groups excluding carboxylic acids is 1. The average Bonchev–Trinajstić information content (AvgIpc) is 2.70. The molecule has 0 saturated heterocycles. The summed E-state index contributed by atoms with van der Waals surface area (Å²) in [7, 11) is 7.71. The van der Waals surface area contributed by atoms with Crippen LogP contribution < -0.4 is 9.64 Å². The van der Waals surface area contributed by atoms with Crippen molar-refractivity contribution in [2.75, 3.05) is 27.8 Å². The van der Waals surface area contributed by atoms with E-state index in [2.05, 4.69) is 34.6 Å². The van der Waals surface area contributed by atoms with Crippen molar-refractivity contribution < 1.29 is 19.2 Å². The number of methoxy groups -OCH3 is 1. The lowest BCUT2D eigenvalue weighted by Crippen LogP contribution is -3.04. The number of aryl methyl sites for hydroxylation is 1. The van der Waals surface area contributed by atoms with Gasteiger partial charge >= 0.3 is 5.97 Å². The lowest BCUT2D eigenvalue weighted by molar-refractivity contribution is -0.873. The minimum Gasteiger partial charge on any atom is -0.496 e. The number of fused-ring (bicyclic) bond motifs is 1. The van der Waals surface area contributed by atoms with E-state index in [0.717, 1.165) is 27.6 Å². The Kier molecular flexibility index (Phi) is 5.13. The number of nitrogens with one attached hydrogen (secondary N) is 1. The Morgan fingerprint density at radius 3 is 2.59 bits per heavy atom. The highest BCUT2D eigenvalue weighted by atomic mass is 79.9. The second-order valence-electron chi connectivity index (χ2n) is 5.49. The topological polar surface area (TPSA) is 44.9 Å². The molecular weight excluding hydrogens is 348 g/mol. The number of rotatable bonds is 5. The Morgan fingerprint density at radius 2 is 2.05 bits per heavy atom. The van der Waals surface area contributed by atoms with Crippen molar-refractivity contribution in [1.29, 1.82) is 0 Å². The molecule has 0 unspecified atom stereocenters. The first kappa shape index (κ1) is 16.8. The van der Waals surface area contributed by atoms with Crippen LogP contribution in [0.2, 0.25) is 0 Å². The molecule has 6 heteroatoms. The predicted octanol–water partition coefficient (Wildman–Crippen LogP) is 1.77. The van der Waals surface area contributed by atoms with E-state index >= 15 is 0 Å². The fourth-order valence-electron chi connectivity index (χ4n) is 2.62. The minimum atomic E-state index is -0.284. The molecule has 0 atom stereocenters. The Balaban J connectivity index is 2.77. The van der Waals surface area contributed by atoms with Gasteiger partial charge in [0.05, 0.1) is 49.1 Å². The summed E-state index contributed by atoms with van der Waals surface area (Å²) in [5, 5.41) is 0.859. The van der Waals surface area contributed by atoms with Crippen LogP contribution in [-0.4, -0.2) is 38.3 Å². The fourth-order valence-corrected chi connectivity index (χ4v) is 3.11. The van der Waals surface area contributed by atoms with E-state index in [4.69, 9.17) is 9.47 Å². The van der Waals surface area contributed by atoms with Crippen LogP contribution in [0.15, 0.2) is 16.6 Å². The predicted molar refractivity (Wildman–Crippen MR) is 89.6 cm³/mol. The number of halogens is 1. The van der Waals surface area contributed by atoms with Gasteiger partial charge in [0, 0.05) is 12.4 Å². The van der Waals surface area contributed by atoms with Crippen LogP contribution in [0.4, 0.5) is 0 Å². The Morgan fingerprint density at radius 1 is 1.36 bits per heavy atom. The molecule has 0 aliphatic rings. The van der Waals surface area contributed by atoms with Crippen LogP contribution in [0.1, 0.15) is 23.0 Å². The zero-order valence-corrected chi connectivity index (χ0v) is 15.2. The van der Waals surface area contributed by atoms with Crippen molar-refractivity contribution in [3.63, 3.8) is 0 Å². The first-order valence-electron chi connectivity index (χ1n) is 7.21. The van der Waals surface area contributed by atoms with Crippen LogP contribution in [-0.2, 0) is 18.3 Å². The molecule has 0 spiro atoms. The van der Waals surface area contributed by atoms with Crippen LogP contribution in [0.5, 0.6) is 5.75 Å². The van der Waals surface area contributed by atoms with Gasteiger partial charge < -0.3 is 18.9 Å². The summed E-state index contributed by atoms with van der Waals surface area (Å²) >= 11 is 3.50. The maximum absolute atomic E-state index is 12.5. The lowest BCUT2D eigenvalue weighted by Gasteiger charge is -2.10. The molecule has 1 heterocycles. The number of nitrogens with zero attached hydrogens (tertiary/aromatic N) is 1. The molecule has 0 saturated carbocycles. The number of hydrogen-bond acceptors (Lipinski definition) is 3. The second-order valence-corrected chi connectivity index (χ2v) is 6.34. The van der Waals surface area contributed by atoms with Gasteiger partial charge in [0.15, 0.2) is 0 Å². The van der Waals surface area contributed by atoms with Crippen molar-refractivity contribution in [2.45, 2.75) is 13.5 Å². The molecule has 1 N–H and O–H groups in total. The van der Waals surface area contributed by atoms with E-state index < -0.39 is 0 Å². The summed E-state index contributed by atoms with van der Waals surface area (Å²) in [5.41, 5.74) is 2.58. The molecule has 1 aromatic carbocycles. The van der Waals surface area contributed by atoms with Gasteiger partial charge in [0.1, 0.15) is 12.3 Å². The number of hydrogen-bond donors (Lipinski definition) is 1. The van der Waals surface area contributed by atoms with Crippen LogP contribution in [0.25, 0.3) is 10.9 Å². The number of ether oxygens (including phenoxy) is 2. The quantitative estimate of drug-likeness (QED) is 0.816. The summed E-state index contributed by atoms with van der Waals surface area (Å²) < 4.78 is 13.5. The van der Waals surface area contributed by atoms with Crippen molar-refractivity contribution in [1.82, 2.24) is 4.57 Å². The molecular formula is C16H22BrN2O3+. The highest BCUT2D eigenvalue weighted by Crippen LogP contribution is 2.34. The van der Waals surface area contributed by atoms with E-state index in [-0.39, 0.29) is 5.97 Å². The molecule has 0 aliphatic heterocycles. The zero-order chi connectivity index (χ0) is 16.4. The standard InChI is InChI=1S/C16H21BrN2O3/c1-6-22-16(20)15-10-7-14(21-5)11(17)8-12(10)19(4)13(15)9-18(2)3/h7-8H,6,9H2,1-5H3/p+1. The minimum absolute atomic E-state index is 0.284. The van der Waals surface area contributed by atoms with E-state index in [9.17, 15) is 4.79 Å². The number of carbonyl (C=O) groups is 1. The number of quaternary nitrogens is 1. The van der Waals surface area contributed by atoms with Gasteiger partial charge in [-0.1, -0.05) is 0 Å². The zero-order valence-electron chi connectivity index (χ0n) is 13.6. The largest absolute Gasteiger partial charge is 0.496 e. The van der Waals surface area contributed by atoms with Crippen molar-refractivity contribution >= 4 is 32.8 Å². The Bertz CT molecular complexity index is 707. The summed E-state index contributed by atoms with van der Waals surface area (Å²) in [6.45, 7) is 2.91. The average molecular weight is 370 g/mol. The van der Waals surface area contributed by atoms with Gasteiger partial charge in [0.2, 0.25) is 0 Å². The molecule has 2 aromatic rings. The third-order valence-corrected chi connectivity index (χ3v) is 4.21. The highest BCUT2D eigenvalue weighted by Gasteiger charge is 2.25. The van der Waals surface area contributed by atoms with Gasteiger partial charge in [-0.15, -0.1) is 0 Å². The van der Waals surface area contributed by atoms with Crippen LogP contribution >= 0.6 is 15.9 Å². The number of esters is 1. The van der Waals surface area contributed by atoms with Crippen LogP contribution in [0, 0.1) is 0 Å². The molecule has 22 heavy (non-hydrogen) atoms. The number of benzene rings is 1. The molecule has 2 rings (SSSR count). The smallest absolute Gasteiger partial charge is 0.340 e. The summed E-state index contributed by atoms with van der Waals surface area (Å²) in [6.07, 6.45) is 0. The Hall–Kier alpha value is -1.53. The van der Waals surface area contributed by atoms with Gasteiger partial charge in [-0.05, 0) is 35.0 Å². The second kappa shape index (κ2) is 6.71. The van der Waals surface area contributed by atoms with Crippen molar-refractivity contribution in [3.05, 3.63) is 27.9 Å². The maximum atomic E-state index is 12.5. The van der Waals surface area contributed by atoms with Gasteiger partial charge in [-0.25, -0.2) is 4.79 Å². The molecule has 120 valence electrons. The van der Waals surface area contributed by atoms with Gasteiger partial charge in [-0.2, -0.15) is 0 Å². The van der Waals surface area contributed by atoms with Crippen LogP contribution in [0.3, 0.4) is 0 Å².